The third-order valence-electron chi connectivity index (χ3n) is 3.70. The van der Waals surface area contributed by atoms with Gasteiger partial charge in [-0.2, -0.15) is 0 Å². The third kappa shape index (κ3) is 4.64. The van der Waals surface area contributed by atoms with E-state index in [9.17, 15) is 4.79 Å². The van der Waals surface area contributed by atoms with Crippen molar-refractivity contribution in [3.05, 3.63) is 0 Å². The highest BCUT2D eigenvalue weighted by Gasteiger charge is 2.26. The van der Waals surface area contributed by atoms with Gasteiger partial charge in [0.2, 0.25) is 5.91 Å². The molecule has 0 aromatic heterocycles. The first kappa shape index (κ1) is 14.5. The zero-order chi connectivity index (χ0) is 12.8. The fraction of sp³-hybridized carbons (Fsp3) is 0.923. The van der Waals surface area contributed by atoms with Crippen molar-refractivity contribution in [2.24, 2.45) is 5.92 Å². The molecule has 2 N–H and O–H groups in total. The molecule has 0 radical (unpaired) electrons. The van der Waals surface area contributed by atoms with Crippen LogP contribution in [0.1, 0.15) is 33.6 Å². The zero-order valence-corrected chi connectivity index (χ0v) is 11.6. The van der Waals surface area contributed by atoms with Crippen molar-refractivity contribution in [2.75, 3.05) is 26.7 Å². The van der Waals surface area contributed by atoms with Crippen molar-refractivity contribution in [3.8, 4) is 0 Å². The summed E-state index contributed by atoms with van der Waals surface area (Å²) >= 11 is 0. The summed E-state index contributed by atoms with van der Waals surface area (Å²) in [6.45, 7) is 9.08. The number of piperidine rings is 1. The maximum Gasteiger partial charge on any atom is 0.237 e. The molecule has 1 aliphatic rings. The lowest BCUT2D eigenvalue weighted by atomic mass is 9.92. The Morgan fingerprint density at radius 3 is 2.82 bits per heavy atom. The standard InChI is InChI=1S/C13H27N3O/c1-10(2)16(4)9-8-15-13(17)12-11(3)6-5-7-14-12/h10-12,14H,5-9H2,1-4H3,(H,15,17). The predicted molar refractivity (Wildman–Crippen MR) is 71.0 cm³/mol. The molecule has 1 amide bonds. The first-order valence-corrected chi connectivity index (χ1v) is 6.73. The van der Waals surface area contributed by atoms with Gasteiger partial charge in [0, 0.05) is 19.1 Å². The summed E-state index contributed by atoms with van der Waals surface area (Å²) in [5, 5.41) is 6.33. The Morgan fingerprint density at radius 2 is 2.24 bits per heavy atom. The first-order chi connectivity index (χ1) is 8.02. The molecular weight excluding hydrogens is 214 g/mol. The van der Waals surface area contributed by atoms with Gasteiger partial charge in [0.05, 0.1) is 6.04 Å². The van der Waals surface area contributed by atoms with Crippen LogP contribution in [0.3, 0.4) is 0 Å². The minimum atomic E-state index is 0.00751. The van der Waals surface area contributed by atoms with Gasteiger partial charge in [0.1, 0.15) is 0 Å². The molecule has 0 bridgehead atoms. The van der Waals surface area contributed by atoms with Crippen LogP contribution in [-0.2, 0) is 4.79 Å². The zero-order valence-electron chi connectivity index (χ0n) is 11.6. The Morgan fingerprint density at radius 1 is 1.53 bits per heavy atom. The van der Waals surface area contributed by atoms with Gasteiger partial charge in [-0.1, -0.05) is 6.92 Å². The van der Waals surface area contributed by atoms with Crippen LogP contribution < -0.4 is 10.6 Å². The van der Waals surface area contributed by atoms with Crippen LogP contribution in [0.25, 0.3) is 0 Å². The number of likely N-dealkylation sites (N-methyl/N-ethyl adjacent to an activating group) is 1. The molecule has 2 unspecified atom stereocenters. The first-order valence-electron chi connectivity index (χ1n) is 6.73. The van der Waals surface area contributed by atoms with E-state index in [1.165, 1.54) is 6.42 Å². The van der Waals surface area contributed by atoms with Gasteiger partial charge >= 0.3 is 0 Å². The number of nitrogens with zero attached hydrogens (tertiary/aromatic N) is 1. The largest absolute Gasteiger partial charge is 0.353 e. The molecule has 2 atom stereocenters. The van der Waals surface area contributed by atoms with E-state index in [4.69, 9.17) is 0 Å². The van der Waals surface area contributed by atoms with E-state index in [2.05, 4.69) is 43.4 Å². The van der Waals surface area contributed by atoms with Crippen LogP contribution >= 0.6 is 0 Å². The van der Waals surface area contributed by atoms with Crippen molar-refractivity contribution in [3.63, 3.8) is 0 Å². The molecule has 17 heavy (non-hydrogen) atoms. The molecular formula is C13H27N3O. The Hall–Kier alpha value is -0.610. The third-order valence-corrected chi connectivity index (χ3v) is 3.70. The van der Waals surface area contributed by atoms with Gasteiger partial charge in [0.25, 0.3) is 0 Å². The molecule has 1 heterocycles. The van der Waals surface area contributed by atoms with Crippen molar-refractivity contribution >= 4 is 5.91 Å². The van der Waals surface area contributed by atoms with Crippen molar-refractivity contribution < 1.29 is 4.79 Å². The summed E-state index contributed by atoms with van der Waals surface area (Å²) < 4.78 is 0. The van der Waals surface area contributed by atoms with Crippen LogP contribution in [-0.4, -0.2) is 49.6 Å². The summed E-state index contributed by atoms with van der Waals surface area (Å²) in [7, 11) is 2.08. The average molecular weight is 241 g/mol. The number of carbonyl (C=O) groups is 1. The van der Waals surface area contributed by atoms with Gasteiger partial charge in [-0.05, 0) is 46.2 Å². The quantitative estimate of drug-likeness (QED) is 0.749. The normalized spacial score (nSPS) is 25.3. The summed E-state index contributed by atoms with van der Waals surface area (Å²) in [6.07, 6.45) is 2.33. The number of nitrogens with one attached hydrogen (secondary N) is 2. The highest BCUT2D eigenvalue weighted by Crippen LogP contribution is 2.15. The van der Waals surface area contributed by atoms with Gasteiger partial charge in [-0.3, -0.25) is 4.79 Å². The van der Waals surface area contributed by atoms with Gasteiger partial charge < -0.3 is 15.5 Å². The highest BCUT2D eigenvalue weighted by molar-refractivity contribution is 5.82. The van der Waals surface area contributed by atoms with E-state index in [1.54, 1.807) is 0 Å². The number of carbonyl (C=O) groups excluding carboxylic acids is 1. The van der Waals surface area contributed by atoms with Crippen molar-refractivity contribution in [1.29, 1.82) is 0 Å². The summed E-state index contributed by atoms with van der Waals surface area (Å²) in [5.74, 6) is 0.612. The second-order valence-electron chi connectivity index (χ2n) is 5.42. The van der Waals surface area contributed by atoms with E-state index in [-0.39, 0.29) is 11.9 Å². The summed E-state index contributed by atoms with van der Waals surface area (Å²) in [6, 6.07) is 0.534. The molecule has 4 nitrogen and oxygen atoms in total. The SMILES string of the molecule is CC1CCCNC1C(=O)NCCN(C)C(C)C. The monoisotopic (exact) mass is 241 g/mol. The van der Waals surface area contributed by atoms with Gasteiger partial charge in [-0.15, -0.1) is 0 Å². The van der Waals surface area contributed by atoms with E-state index >= 15 is 0 Å². The molecule has 1 aliphatic heterocycles. The van der Waals surface area contributed by atoms with Crippen LogP contribution in [0.5, 0.6) is 0 Å². The Kier molecular flexibility index (Phi) is 5.92. The minimum Gasteiger partial charge on any atom is -0.353 e. The van der Waals surface area contributed by atoms with Crippen LogP contribution in [0, 0.1) is 5.92 Å². The maximum absolute atomic E-state index is 12.0. The van der Waals surface area contributed by atoms with Crippen molar-refractivity contribution in [2.45, 2.75) is 45.7 Å². The molecule has 1 rings (SSSR count). The molecule has 1 saturated heterocycles. The minimum absolute atomic E-state index is 0.00751. The number of hydrogen-bond donors (Lipinski definition) is 2. The average Bonchev–Trinajstić information content (AvgIpc) is 2.29. The van der Waals surface area contributed by atoms with E-state index in [0.717, 1.165) is 26.1 Å². The molecule has 4 heteroatoms. The summed E-state index contributed by atoms with van der Waals surface area (Å²) in [5.41, 5.74) is 0. The lowest BCUT2D eigenvalue weighted by Crippen LogP contribution is -2.51. The topological polar surface area (TPSA) is 44.4 Å². The molecule has 100 valence electrons. The number of hydrogen-bond acceptors (Lipinski definition) is 3. The lowest BCUT2D eigenvalue weighted by molar-refractivity contribution is -0.124. The molecule has 0 saturated carbocycles. The second kappa shape index (κ2) is 6.97. The van der Waals surface area contributed by atoms with Gasteiger partial charge in [-0.25, -0.2) is 0 Å². The highest BCUT2D eigenvalue weighted by atomic mass is 16.2. The van der Waals surface area contributed by atoms with Crippen molar-refractivity contribution in [1.82, 2.24) is 15.5 Å². The van der Waals surface area contributed by atoms with Crippen LogP contribution in [0.15, 0.2) is 0 Å². The fourth-order valence-electron chi connectivity index (χ4n) is 2.12. The molecule has 0 spiro atoms. The van der Waals surface area contributed by atoms with Crippen LogP contribution in [0.2, 0.25) is 0 Å². The van der Waals surface area contributed by atoms with E-state index in [1.807, 2.05) is 0 Å². The Balaban J connectivity index is 2.24. The number of rotatable bonds is 5. The van der Waals surface area contributed by atoms with E-state index in [0.29, 0.717) is 12.0 Å². The fourth-order valence-corrected chi connectivity index (χ4v) is 2.12. The molecule has 1 fully saturated rings. The molecule has 0 aliphatic carbocycles. The maximum atomic E-state index is 12.0. The number of amides is 1. The van der Waals surface area contributed by atoms with Crippen LogP contribution in [0.4, 0.5) is 0 Å². The molecule has 0 aromatic carbocycles. The summed E-state index contributed by atoms with van der Waals surface area (Å²) in [4.78, 5) is 14.2. The Bertz CT molecular complexity index is 243. The predicted octanol–water partition coefficient (Wildman–Crippen LogP) is 0.831. The molecule has 0 aromatic rings. The Labute approximate surface area is 105 Å². The van der Waals surface area contributed by atoms with Gasteiger partial charge in [0.15, 0.2) is 0 Å². The smallest absolute Gasteiger partial charge is 0.237 e. The lowest BCUT2D eigenvalue weighted by Gasteiger charge is -2.29. The van der Waals surface area contributed by atoms with E-state index < -0.39 is 0 Å². The second-order valence-corrected chi connectivity index (χ2v) is 5.42.